The van der Waals surface area contributed by atoms with E-state index in [0.717, 1.165) is 10.5 Å². The first kappa shape index (κ1) is 19.7. The van der Waals surface area contributed by atoms with Gasteiger partial charge < -0.3 is 15.0 Å². The maximum Gasteiger partial charge on any atom is 0.311 e. The quantitative estimate of drug-likeness (QED) is 0.571. The first-order chi connectivity index (χ1) is 12.3. The largest absolute Gasteiger partial charge is 0.490 e. The number of hydrogen-bond donors (Lipinski definition) is 2. The number of carbonyl (C=O) groups excluding carboxylic acids is 1. The van der Waals surface area contributed by atoms with E-state index in [-0.39, 0.29) is 23.9 Å². The van der Waals surface area contributed by atoms with Crippen molar-refractivity contribution in [3.8, 4) is 5.75 Å². The summed E-state index contributed by atoms with van der Waals surface area (Å²) in [7, 11) is 3.27. The summed E-state index contributed by atoms with van der Waals surface area (Å²) >= 11 is 5.87. The highest BCUT2D eigenvalue weighted by atomic mass is 35.5. The fraction of sp³-hybridized carbons (Fsp3) is 0.278. The zero-order chi connectivity index (χ0) is 19.3. The Bertz CT molecular complexity index is 809. The molecule has 2 aromatic carbocycles. The van der Waals surface area contributed by atoms with E-state index >= 15 is 0 Å². The van der Waals surface area contributed by atoms with Crippen LogP contribution in [-0.4, -0.2) is 31.5 Å². The molecule has 0 heterocycles. The third-order valence-electron chi connectivity index (χ3n) is 3.88. The second kappa shape index (κ2) is 8.64. The molecule has 1 unspecified atom stereocenters. The lowest BCUT2D eigenvalue weighted by Gasteiger charge is -2.15. The number of rotatable bonds is 7. The number of nitro groups is 1. The SMILES string of the molecule is COc1cc(NC(=O)C[NH+](C)Cc2ccc(Cl)cc2)c(C)cc1[N+](=O)[O-]. The van der Waals surface area contributed by atoms with Gasteiger partial charge in [0.15, 0.2) is 12.3 Å². The molecule has 1 atom stereocenters. The van der Waals surface area contributed by atoms with E-state index in [2.05, 4.69) is 5.32 Å². The van der Waals surface area contributed by atoms with Crippen molar-refractivity contribution in [3.05, 3.63) is 62.7 Å². The van der Waals surface area contributed by atoms with Gasteiger partial charge in [-0.05, 0) is 24.6 Å². The summed E-state index contributed by atoms with van der Waals surface area (Å²) in [5.74, 6) is -0.0757. The van der Waals surface area contributed by atoms with E-state index in [1.54, 1.807) is 6.92 Å². The normalized spacial score (nSPS) is 11.7. The number of benzene rings is 2. The third-order valence-corrected chi connectivity index (χ3v) is 4.13. The molecule has 0 saturated carbocycles. The lowest BCUT2D eigenvalue weighted by atomic mass is 10.1. The van der Waals surface area contributed by atoms with Gasteiger partial charge in [-0.15, -0.1) is 0 Å². The van der Waals surface area contributed by atoms with E-state index in [4.69, 9.17) is 16.3 Å². The number of carbonyl (C=O) groups is 1. The molecule has 2 N–H and O–H groups in total. The van der Waals surface area contributed by atoms with Gasteiger partial charge >= 0.3 is 5.69 Å². The van der Waals surface area contributed by atoms with Crippen LogP contribution in [0.3, 0.4) is 0 Å². The highest BCUT2D eigenvalue weighted by molar-refractivity contribution is 6.30. The van der Waals surface area contributed by atoms with Crippen molar-refractivity contribution in [2.75, 3.05) is 26.0 Å². The maximum atomic E-state index is 12.3. The molecule has 0 bridgehead atoms. The predicted octanol–water partition coefficient (Wildman–Crippen LogP) is 2.22. The molecule has 0 aromatic heterocycles. The zero-order valence-corrected chi connectivity index (χ0v) is 15.6. The average molecular weight is 379 g/mol. The lowest BCUT2D eigenvalue weighted by Crippen LogP contribution is -3.08. The van der Waals surface area contributed by atoms with Crippen molar-refractivity contribution >= 4 is 28.9 Å². The van der Waals surface area contributed by atoms with Crippen LogP contribution < -0.4 is 15.0 Å². The summed E-state index contributed by atoms with van der Waals surface area (Å²) in [6.07, 6.45) is 0. The minimum absolute atomic E-state index is 0.109. The van der Waals surface area contributed by atoms with Crippen LogP contribution in [0.15, 0.2) is 36.4 Å². The smallest absolute Gasteiger partial charge is 0.311 e. The van der Waals surface area contributed by atoms with Crippen molar-refractivity contribution in [1.29, 1.82) is 0 Å². The Labute approximate surface area is 156 Å². The van der Waals surface area contributed by atoms with E-state index in [9.17, 15) is 14.9 Å². The van der Waals surface area contributed by atoms with E-state index < -0.39 is 4.92 Å². The van der Waals surface area contributed by atoms with Crippen LogP contribution in [0.2, 0.25) is 5.02 Å². The van der Waals surface area contributed by atoms with Crippen LogP contribution >= 0.6 is 11.6 Å². The van der Waals surface area contributed by atoms with Gasteiger partial charge in [0, 0.05) is 28.4 Å². The van der Waals surface area contributed by atoms with Crippen molar-refractivity contribution in [1.82, 2.24) is 0 Å². The summed E-state index contributed by atoms with van der Waals surface area (Å²) in [6, 6.07) is 10.3. The Morgan fingerprint density at radius 1 is 1.31 bits per heavy atom. The van der Waals surface area contributed by atoms with Gasteiger partial charge in [0.2, 0.25) is 0 Å². The molecule has 0 aliphatic heterocycles. The molecule has 7 nitrogen and oxygen atoms in total. The van der Waals surface area contributed by atoms with Crippen molar-refractivity contribution in [3.63, 3.8) is 0 Å². The van der Waals surface area contributed by atoms with Crippen molar-refractivity contribution in [2.24, 2.45) is 0 Å². The van der Waals surface area contributed by atoms with E-state index in [1.165, 1.54) is 19.2 Å². The van der Waals surface area contributed by atoms with Gasteiger partial charge in [0.1, 0.15) is 6.54 Å². The summed E-state index contributed by atoms with van der Waals surface area (Å²) in [4.78, 5) is 23.8. The first-order valence-electron chi connectivity index (χ1n) is 7.98. The summed E-state index contributed by atoms with van der Waals surface area (Å²) in [5.41, 5.74) is 2.04. The Morgan fingerprint density at radius 3 is 2.54 bits per heavy atom. The Kier molecular flexibility index (Phi) is 6.54. The molecule has 26 heavy (non-hydrogen) atoms. The fourth-order valence-corrected chi connectivity index (χ4v) is 2.72. The molecule has 0 spiro atoms. The number of aryl methyl sites for hydroxylation is 1. The molecule has 0 saturated heterocycles. The van der Waals surface area contributed by atoms with Crippen LogP contribution in [0.4, 0.5) is 11.4 Å². The lowest BCUT2D eigenvalue weighted by molar-refractivity contribution is -0.885. The summed E-state index contributed by atoms with van der Waals surface area (Å²) < 4.78 is 5.04. The predicted molar refractivity (Wildman–Crippen MR) is 99.9 cm³/mol. The molecule has 2 aromatic rings. The van der Waals surface area contributed by atoms with Gasteiger partial charge in [-0.25, -0.2) is 0 Å². The molecular weight excluding hydrogens is 358 g/mol. The highest BCUT2D eigenvalue weighted by Crippen LogP contribution is 2.32. The minimum Gasteiger partial charge on any atom is -0.490 e. The molecule has 0 aliphatic rings. The van der Waals surface area contributed by atoms with Crippen molar-refractivity contribution in [2.45, 2.75) is 13.5 Å². The second-order valence-electron chi connectivity index (χ2n) is 6.08. The number of hydrogen-bond acceptors (Lipinski definition) is 4. The van der Waals surface area contributed by atoms with E-state index in [0.29, 0.717) is 22.8 Å². The van der Waals surface area contributed by atoms with Gasteiger partial charge in [-0.3, -0.25) is 14.9 Å². The fourth-order valence-electron chi connectivity index (χ4n) is 2.60. The van der Waals surface area contributed by atoms with Crippen LogP contribution in [0.1, 0.15) is 11.1 Å². The van der Waals surface area contributed by atoms with Gasteiger partial charge in [0.05, 0.1) is 19.1 Å². The molecule has 1 amide bonds. The highest BCUT2D eigenvalue weighted by Gasteiger charge is 2.19. The Balaban J connectivity index is 2.02. The van der Waals surface area contributed by atoms with Crippen LogP contribution in [-0.2, 0) is 11.3 Å². The molecule has 2 rings (SSSR count). The van der Waals surface area contributed by atoms with Gasteiger partial charge in [-0.1, -0.05) is 23.7 Å². The van der Waals surface area contributed by atoms with Crippen molar-refractivity contribution < 1.29 is 19.4 Å². The van der Waals surface area contributed by atoms with Crippen LogP contribution in [0.25, 0.3) is 0 Å². The number of methoxy groups -OCH3 is 1. The number of quaternary nitrogens is 1. The molecule has 138 valence electrons. The number of nitrogens with one attached hydrogen (secondary N) is 2. The first-order valence-corrected chi connectivity index (χ1v) is 8.36. The van der Waals surface area contributed by atoms with E-state index in [1.807, 2.05) is 31.3 Å². The number of amides is 1. The standard InChI is InChI=1S/C18H20ClN3O4/c1-12-8-16(22(24)25)17(26-3)9-15(12)20-18(23)11-21(2)10-13-4-6-14(19)7-5-13/h4-9H,10-11H2,1-3H3,(H,20,23)/p+1. The van der Waals surface area contributed by atoms with Crippen LogP contribution in [0.5, 0.6) is 5.75 Å². The topological polar surface area (TPSA) is 85.9 Å². The molecular formula is C18H21ClN3O4+. The minimum atomic E-state index is -0.512. The Morgan fingerprint density at radius 2 is 1.96 bits per heavy atom. The third kappa shape index (κ3) is 5.18. The molecule has 0 radical (unpaired) electrons. The number of halogens is 1. The summed E-state index contributed by atoms with van der Waals surface area (Å²) in [6.45, 7) is 2.63. The number of anilines is 1. The molecule has 8 heteroatoms. The molecule has 0 fully saturated rings. The Hall–Kier alpha value is -2.64. The maximum absolute atomic E-state index is 12.3. The number of likely N-dealkylation sites (N-methyl/N-ethyl adjacent to an activating group) is 1. The number of nitro benzene ring substituents is 1. The monoisotopic (exact) mass is 378 g/mol. The van der Waals surface area contributed by atoms with Gasteiger partial charge in [0.25, 0.3) is 5.91 Å². The average Bonchev–Trinajstić information content (AvgIpc) is 2.58. The number of nitrogens with zero attached hydrogens (tertiary/aromatic N) is 1. The second-order valence-corrected chi connectivity index (χ2v) is 6.52. The van der Waals surface area contributed by atoms with Gasteiger partial charge in [-0.2, -0.15) is 0 Å². The number of ether oxygens (including phenoxy) is 1. The summed E-state index contributed by atoms with van der Waals surface area (Å²) in [5, 5.41) is 14.5. The zero-order valence-electron chi connectivity index (χ0n) is 14.8. The molecule has 0 aliphatic carbocycles. The van der Waals surface area contributed by atoms with Crippen LogP contribution in [0, 0.1) is 17.0 Å².